The molecule has 1 atom stereocenters. The lowest BCUT2D eigenvalue weighted by Gasteiger charge is -2.18. The summed E-state index contributed by atoms with van der Waals surface area (Å²) in [6.07, 6.45) is 74.7. The second-order valence-electron chi connectivity index (χ2n) is 19.9. The first-order valence-corrected chi connectivity index (χ1v) is 30.0. The lowest BCUT2D eigenvalue weighted by Crippen LogP contribution is -2.30. The summed E-state index contributed by atoms with van der Waals surface area (Å²) < 4.78 is 16.8. The van der Waals surface area contributed by atoms with Gasteiger partial charge in [-0.1, -0.05) is 267 Å². The molecule has 0 amide bonds. The molecule has 0 spiro atoms. The summed E-state index contributed by atoms with van der Waals surface area (Å²) >= 11 is 0. The maximum Gasteiger partial charge on any atom is 0.306 e. The summed E-state index contributed by atoms with van der Waals surface area (Å²) in [6, 6.07) is 0. The Morgan fingerprint density at radius 1 is 0.300 bits per heavy atom. The van der Waals surface area contributed by atoms with Crippen LogP contribution in [0.1, 0.15) is 297 Å². The molecule has 404 valence electrons. The van der Waals surface area contributed by atoms with Gasteiger partial charge < -0.3 is 14.2 Å². The van der Waals surface area contributed by atoms with Crippen LogP contribution in [-0.4, -0.2) is 37.2 Å². The number of carbonyl (C=O) groups is 3. The number of allylic oxidation sites excluding steroid dienone is 12. The highest BCUT2D eigenvalue weighted by Gasteiger charge is 2.19. The molecular formula is C64H112O6. The second kappa shape index (κ2) is 58.4. The number of carbonyl (C=O) groups excluding carboxylic acids is 3. The summed E-state index contributed by atoms with van der Waals surface area (Å²) in [5.74, 6) is -0.976. The van der Waals surface area contributed by atoms with Crippen LogP contribution in [0.2, 0.25) is 0 Å². The van der Waals surface area contributed by atoms with Gasteiger partial charge >= 0.3 is 17.9 Å². The minimum absolute atomic E-state index is 0.103. The molecule has 0 saturated heterocycles. The van der Waals surface area contributed by atoms with Crippen LogP contribution in [-0.2, 0) is 28.6 Å². The van der Waals surface area contributed by atoms with Crippen LogP contribution in [0.15, 0.2) is 72.9 Å². The van der Waals surface area contributed by atoms with Crippen LogP contribution in [0.25, 0.3) is 0 Å². The van der Waals surface area contributed by atoms with Crippen LogP contribution >= 0.6 is 0 Å². The molecule has 0 aliphatic carbocycles. The normalized spacial score (nSPS) is 12.6. The van der Waals surface area contributed by atoms with Crippen molar-refractivity contribution in [1.82, 2.24) is 0 Å². The lowest BCUT2D eigenvalue weighted by molar-refractivity contribution is -0.167. The van der Waals surface area contributed by atoms with Crippen molar-refractivity contribution in [1.29, 1.82) is 0 Å². The predicted octanol–water partition coefficient (Wildman–Crippen LogP) is 20.2. The van der Waals surface area contributed by atoms with E-state index in [-0.39, 0.29) is 37.5 Å². The van der Waals surface area contributed by atoms with Crippen molar-refractivity contribution >= 4 is 17.9 Å². The number of unbranched alkanes of at least 4 members (excludes halogenated alkanes) is 32. The Kier molecular flexibility index (Phi) is 55.8. The zero-order chi connectivity index (χ0) is 50.7. The van der Waals surface area contributed by atoms with Crippen molar-refractivity contribution in [2.24, 2.45) is 0 Å². The van der Waals surface area contributed by atoms with E-state index in [1.165, 1.54) is 173 Å². The van der Waals surface area contributed by atoms with Crippen LogP contribution < -0.4 is 0 Å². The van der Waals surface area contributed by atoms with Crippen molar-refractivity contribution < 1.29 is 28.6 Å². The largest absolute Gasteiger partial charge is 0.462 e. The highest BCUT2D eigenvalue weighted by molar-refractivity contribution is 5.71. The van der Waals surface area contributed by atoms with E-state index in [1.807, 2.05) is 0 Å². The maximum atomic E-state index is 12.8. The molecule has 70 heavy (non-hydrogen) atoms. The van der Waals surface area contributed by atoms with Crippen molar-refractivity contribution in [3.8, 4) is 0 Å². The third-order valence-electron chi connectivity index (χ3n) is 13.0. The van der Waals surface area contributed by atoms with Gasteiger partial charge in [0.25, 0.3) is 0 Å². The van der Waals surface area contributed by atoms with E-state index >= 15 is 0 Å². The van der Waals surface area contributed by atoms with Gasteiger partial charge in [-0.3, -0.25) is 14.4 Å². The molecule has 0 heterocycles. The molecule has 0 aromatic heterocycles. The van der Waals surface area contributed by atoms with Gasteiger partial charge in [0, 0.05) is 19.3 Å². The second-order valence-corrected chi connectivity index (χ2v) is 19.9. The average Bonchev–Trinajstić information content (AvgIpc) is 3.36. The quantitative estimate of drug-likeness (QED) is 0.0199. The first-order chi connectivity index (χ1) is 34.5. The van der Waals surface area contributed by atoms with Gasteiger partial charge in [-0.15, -0.1) is 0 Å². The summed E-state index contributed by atoms with van der Waals surface area (Å²) in [5, 5.41) is 0. The number of ether oxygens (including phenoxy) is 3. The van der Waals surface area contributed by atoms with Gasteiger partial charge in [0.1, 0.15) is 13.2 Å². The first-order valence-electron chi connectivity index (χ1n) is 30.0. The monoisotopic (exact) mass is 977 g/mol. The zero-order valence-electron chi connectivity index (χ0n) is 46.3. The third kappa shape index (κ3) is 55.8. The lowest BCUT2D eigenvalue weighted by atomic mass is 10.0. The topological polar surface area (TPSA) is 78.9 Å². The summed E-state index contributed by atoms with van der Waals surface area (Å²) in [6.45, 7) is 6.57. The van der Waals surface area contributed by atoms with Gasteiger partial charge in [-0.05, 0) is 83.5 Å². The Labute approximate surface area is 433 Å². The summed E-state index contributed by atoms with van der Waals surface area (Å²) in [5.41, 5.74) is 0. The van der Waals surface area contributed by atoms with Crippen LogP contribution in [0.3, 0.4) is 0 Å². The van der Waals surface area contributed by atoms with Gasteiger partial charge in [-0.2, -0.15) is 0 Å². The minimum Gasteiger partial charge on any atom is -0.462 e. The fraction of sp³-hybridized carbons (Fsp3) is 0.766. The van der Waals surface area contributed by atoms with E-state index in [0.29, 0.717) is 19.3 Å². The molecule has 0 aliphatic rings. The molecular weight excluding hydrogens is 865 g/mol. The Balaban J connectivity index is 4.46. The van der Waals surface area contributed by atoms with E-state index in [0.717, 1.165) is 77.0 Å². The van der Waals surface area contributed by atoms with Crippen molar-refractivity contribution in [3.63, 3.8) is 0 Å². The Bertz CT molecular complexity index is 1310. The SMILES string of the molecule is CCCCC/C=C\C/C=C\C/C=C\C/C=C\CCCC(=O)OC(COC(=O)CCCCC/C=C\C=C/CCCCCCCCC)COC(=O)CCCCCCCCCCCCCCCCCCCCC. The molecule has 0 rings (SSSR count). The fourth-order valence-corrected chi connectivity index (χ4v) is 8.43. The number of esters is 3. The van der Waals surface area contributed by atoms with Crippen LogP contribution in [0.4, 0.5) is 0 Å². The van der Waals surface area contributed by atoms with E-state index in [1.54, 1.807) is 0 Å². The first kappa shape index (κ1) is 66.9. The molecule has 0 aromatic rings. The molecule has 0 N–H and O–H groups in total. The van der Waals surface area contributed by atoms with E-state index in [4.69, 9.17) is 14.2 Å². The van der Waals surface area contributed by atoms with E-state index in [2.05, 4.69) is 93.7 Å². The van der Waals surface area contributed by atoms with Gasteiger partial charge in [-0.25, -0.2) is 0 Å². The number of hydrogen-bond donors (Lipinski definition) is 0. The standard InChI is InChI=1S/C64H112O6/c1-4-7-10-13-16-19-22-25-28-31-32-34-36-39-42-45-48-51-54-57-63(66)69-60-61(59-68-62(65)56-53-50-47-44-41-38-35-30-27-24-21-18-15-12-9-6-3)70-64(67)58-55-52-49-46-43-40-37-33-29-26-23-20-17-14-11-8-5-2/h17,20,26,29-30,35,37-38,40-41,46,49,61H,4-16,18-19,21-25,27-28,31-34,36,39,42-45,47-48,50-60H2,1-3H3/b20-17-,29-26-,35-30-,40-37-,41-38-,49-46-. The minimum atomic E-state index is -0.814. The Hall–Kier alpha value is -3.15. The van der Waals surface area contributed by atoms with E-state index in [9.17, 15) is 14.4 Å². The molecule has 0 radical (unpaired) electrons. The molecule has 0 bridgehead atoms. The van der Waals surface area contributed by atoms with Crippen LogP contribution in [0, 0.1) is 0 Å². The van der Waals surface area contributed by atoms with Crippen molar-refractivity contribution in [2.45, 2.75) is 303 Å². The summed E-state index contributed by atoms with van der Waals surface area (Å²) in [4.78, 5) is 38.2. The van der Waals surface area contributed by atoms with Crippen LogP contribution in [0.5, 0.6) is 0 Å². The number of rotatable bonds is 54. The Morgan fingerprint density at radius 2 is 0.571 bits per heavy atom. The molecule has 6 nitrogen and oxygen atoms in total. The third-order valence-corrected chi connectivity index (χ3v) is 13.0. The predicted molar refractivity (Wildman–Crippen MR) is 302 cm³/mol. The molecule has 0 fully saturated rings. The highest BCUT2D eigenvalue weighted by Crippen LogP contribution is 2.16. The molecule has 0 saturated carbocycles. The van der Waals surface area contributed by atoms with Crippen molar-refractivity contribution in [2.75, 3.05) is 13.2 Å². The maximum absolute atomic E-state index is 12.8. The Morgan fingerprint density at radius 3 is 0.971 bits per heavy atom. The van der Waals surface area contributed by atoms with Crippen molar-refractivity contribution in [3.05, 3.63) is 72.9 Å². The summed E-state index contributed by atoms with van der Waals surface area (Å²) in [7, 11) is 0. The zero-order valence-corrected chi connectivity index (χ0v) is 46.3. The highest BCUT2D eigenvalue weighted by atomic mass is 16.6. The molecule has 0 aliphatic heterocycles. The smallest absolute Gasteiger partial charge is 0.306 e. The fourth-order valence-electron chi connectivity index (χ4n) is 8.43. The molecule has 0 aromatic carbocycles. The van der Waals surface area contributed by atoms with Gasteiger partial charge in [0.2, 0.25) is 0 Å². The molecule has 6 heteroatoms. The van der Waals surface area contributed by atoms with Gasteiger partial charge in [0.15, 0.2) is 6.10 Å². The average molecular weight is 978 g/mol. The molecule has 1 unspecified atom stereocenters. The number of hydrogen-bond acceptors (Lipinski definition) is 6. The van der Waals surface area contributed by atoms with Gasteiger partial charge in [0.05, 0.1) is 0 Å². The van der Waals surface area contributed by atoms with E-state index < -0.39 is 6.10 Å².